The second-order valence-corrected chi connectivity index (χ2v) is 9.53. The summed E-state index contributed by atoms with van der Waals surface area (Å²) >= 11 is 0. The van der Waals surface area contributed by atoms with Crippen LogP contribution in [-0.4, -0.2) is 78.4 Å². The number of hydrogen-bond acceptors (Lipinski definition) is 7. The average molecular weight is 477 g/mol. The van der Waals surface area contributed by atoms with Crippen LogP contribution in [-0.2, 0) is 22.6 Å². The molecule has 2 aliphatic heterocycles. The molecule has 2 saturated heterocycles. The minimum absolute atomic E-state index is 0.0676. The van der Waals surface area contributed by atoms with Gasteiger partial charge < -0.3 is 19.7 Å². The minimum Gasteiger partial charge on any atom is -0.378 e. The molecule has 2 aromatic carbocycles. The molecule has 3 heterocycles. The maximum absolute atomic E-state index is 12.8. The van der Waals surface area contributed by atoms with E-state index in [1.54, 1.807) is 0 Å². The fourth-order valence-corrected chi connectivity index (χ4v) is 4.77. The van der Waals surface area contributed by atoms with Gasteiger partial charge in [0.15, 0.2) is 0 Å². The Morgan fingerprint density at radius 3 is 2.49 bits per heavy atom. The van der Waals surface area contributed by atoms with Crippen LogP contribution in [0.3, 0.4) is 0 Å². The number of amides is 1. The standard InChI is InChI=1S/C26H32N6O3/c1-30(2)21-11-9-19(10-12-21)26(33)27-22-16-34-25-23(17-35-24(22)25)32-15-20(28-29-32)14-31(3)13-18-7-5-4-6-8-18/h4-12,15,22-25H,13-14,16-17H2,1-3H3,(H,27,33)/t22-,23+,24-,25+/m1/s1. The van der Waals surface area contributed by atoms with Gasteiger partial charge in [0.05, 0.1) is 31.1 Å². The van der Waals surface area contributed by atoms with Gasteiger partial charge in [0.1, 0.15) is 18.2 Å². The summed E-state index contributed by atoms with van der Waals surface area (Å²) in [6, 6.07) is 17.6. The van der Waals surface area contributed by atoms with Crippen molar-refractivity contribution in [3.05, 3.63) is 77.6 Å². The Morgan fingerprint density at radius 2 is 1.74 bits per heavy atom. The van der Waals surface area contributed by atoms with Crippen molar-refractivity contribution in [2.45, 2.75) is 37.4 Å². The third kappa shape index (κ3) is 5.22. The van der Waals surface area contributed by atoms with E-state index in [1.807, 2.05) is 72.3 Å². The van der Waals surface area contributed by atoms with Crippen LogP contribution < -0.4 is 10.2 Å². The lowest BCUT2D eigenvalue weighted by Gasteiger charge is -2.18. The molecule has 9 nitrogen and oxygen atoms in total. The second kappa shape index (κ2) is 10.2. The zero-order valence-corrected chi connectivity index (χ0v) is 20.4. The van der Waals surface area contributed by atoms with Crippen LogP contribution in [0, 0.1) is 0 Å². The lowest BCUT2D eigenvalue weighted by molar-refractivity contribution is 0.0613. The number of anilines is 1. The molecule has 1 N–H and O–H groups in total. The Bertz CT molecular complexity index is 1130. The second-order valence-electron chi connectivity index (χ2n) is 9.53. The maximum Gasteiger partial charge on any atom is 0.251 e. The number of benzene rings is 2. The molecule has 2 fully saturated rings. The Kier molecular flexibility index (Phi) is 6.81. The summed E-state index contributed by atoms with van der Waals surface area (Å²) in [5.74, 6) is -0.124. The highest BCUT2D eigenvalue weighted by atomic mass is 16.6. The molecule has 2 aliphatic rings. The molecule has 184 valence electrons. The van der Waals surface area contributed by atoms with Gasteiger partial charge in [0.25, 0.3) is 5.91 Å². The summed E-state index contributed by atoms with van der Waals surface area (Å²) in [6.07, 6.45) is 1.59. The smallest absolute Gasteiger partial charge is 0.251 e. The summed E-state index contributed by atoms with van der Waals surface area (Å²) in [5.41, 5.74) is 3.83. The third-order valence-electron chi connectivity index (χ3n) is 6.61. The number of rotatable bonds is 8. The van der Waals surface area contributed by atoms with Crippen LogP contribution in [0.4, 0.5) is 5.69 Å². The molecule has 35 heavy (non-hydrogen) atoms. The van der Waals surface area contributed by atoms with Gasteiger partial charge in [-0.05, 0) is 36.9 Å². The van der Waals surface area contributed by atoms with Gasteiger partial charge in [-0.2, -0.15) is 0 Å². The van der Waals surface area contributed by atoms with Crippen molar-refractivity contribution in [3.8, 4) is 0 Å². The number of hydrogen-bond donors (Lipinski definition) is 1. The fourth-order valence-electron chi connectivity index (χ4n) is 4.77. The molecule has 3 aromatic rings. The zero-order chi connectivity index (χ0) is 24.4. The van der Waals surface area contributed by atoms with Crippen LogP contribution in [0.25, 0.3) is 0 Å². The number of nitrogens with zero attached hydrogens (tertiary/aromatic N) is 5. The Balaban J connectivity index is 1.17. The molecule has 0 unspecified atom stereocenters. The van der Waals surface area contributed by atoms with E-state index < -0.39 is 0 Å². The van der Waals surface area contributed by atoms with Crippen LogP contribution in [0.1, 0.15) is 27.7 Å². The summed E-state index contributed by atoms with van der Waals surface area (Å²) in [6.45, 7) is 2.42. The van der Waals surface area contributed by atoms with Gasteiger partial charge in [-0.1, -0.05) is 35.5 Å². The highest BCUT2D eigenvalue weighted by Gasteiger charge is 2.49. The van der Waals surface area contributed by atoms with Gasteiger partial charge in [0, 0.05) is 38.4 Å². The van der Waals surface area contributed by atoms with Gasteiger partial charge in [-0.25, -0.2) is 4.68 Å². The molecule has 5 rings (SSSR count). The first-order valence-corrected chi connectivity index (χ1v) is 11.9. The van der Waals surface area contributed by atoms with E-state index in [0.29, 0.717) is 25.3 Å². The van der Waals surface area contributed by atoms with E-state index in [9.17, 15) is 4.79 Å². The van der Waals surface area contributed by atoms with Gasteiger partial charge in [-0.15, -0.1) is 5.10 Å². The number of carbonyl (C=O) groups excluding carboxylic acids is 1. The normalized spacial score (nSPS) is 23.4. The topological polar surface area (TPSA) is 84.8 Å². The average Bonchev–Trinajstić information content (AvgIpc) is 3.57. The van der Waals surface area contributed by atoms with Crippen molar-refractivity contribution < 1.29 is 14.3 Å². The van der Waals surface area contributed by atoms with Crippen LogP contribution in [0.15, 0.2) is 60.8 Å². The molecule has 4 atom stereocenters. The molecule has 0 bridgehead atoms. The lowest BCUT2D eigenvalue weighted by Crippen LogP contribution is -2.44. The Hall–Kier alpha value is -3.27. The van der Waals surface area contributed by atoms with E-state index in [-0.39, 0.29) is 30.2 Å². The molecular weight excluding hydrogens is 444 g/mol. The van der Waals surface area contributed by atoms with Crippen LogP contribution in [0.2, 0.25) is 0 Å². The first kappa shape index (κ1) is 23.5. The van der Waals surface area contributed by atoms with Crippen molar-refractivity contribution in [3.63, 3.8) is 0 Å². The number of fused-ring (bicyclic) bond motifs is 1. The third-order valence-corrected chi connectivity index (χ3v) is 6.61. The molecule has 9 heteroatoms. The molecule has 1 amide bonds. The van der Waals surface area contributed by atoms with E-state index in [4.69, 9.17) is 9.47 Å². The van der Waals surface area contributed by atoms with Crippen molar-refractivity contribution in [2.24, 2.45) is 0 Å². The largest absolute Gasteiger partial charge is 0.378 e. The van der Waals surface area contributed by atoms with E-state index >= 15 is 0 Å². The van der Waals surface area contributed by atoms with E-state index in [2.05, 4.69) is 39.7 Å². The summed E-state index contributed by atoms with van der Waals surface area (Å²) in [5, 5.41) is 11.8. The van der Waals surface area contributed by atoms with Crippen LogP contribution >= 0.6 is 0 Å². The quantitative estimate of drug-likeness (QED) is 0.533. The monoisotopic (exact) mass is 476 g/mol. The molecular formula is C26H32N6O3. The van der Waals surface area contributed by atoms with Gasteiger partial charge in [-0.3, -0.25) is 9.69 Å². The number of aromatic nitrogens is 3. The number of nitrogens with one attached hydrogen (secondary N) is 1. The highest BCUT2D eigenvalue weighted by molar-refractivity contribution is 5.94. The fraction of sp³-hybridized carbons (Fsp3) is 0.423. The SMILES string of the molecule is CN(Cc1ccccc1)Cc1cn([C@H]2CO[C@H]3[C@H]2OC[C@H]3NC(=O)c2ccc(N(C)C)cc2)nn1. The lowest BCUT2D eigenvalue weighted by atomic mass is 10.1. The van der Waals surface area contributed by atoms with E-state index in [0.717, 1.165) is 17.9 Å². The number of ether oxygens (including phenoxy) is 2. The van der Waals surface area contributed by atoms with Crippen molar-refractivity contribution in [1.82, 2.24) is 25.2 Å². The molecule has 0 saturated carbocycles. The molecule has 0 spiro atoms. The minimum atomic E-state index is -0.210. The maximum atomic E-state index is 12.8. The first-order chi connectivity index (χ1) is 17.0. The summed E-state index contributed by atoms with van der Waals surface area (Å²) < 4.78 is 14.0. The highest BCUT2D eigenvalue weighted by Crippen LogP contribution is 2.34. The molecule has 0 radical (unpaired) electrons. The predicted octanol–water partition coefficient (Wildman–Crippen LogP) is 2.11. The van der Waals surface area contributed by atoms with E-state index in [1.165, 1.54) is 5.56 Å². The number of carbonyl (C=O) groups is 1. The Labute approximate surface area is 205 Å². The zero-order valence-electron chi connectivity index (χ0n) is 20.4. The van der Waals surface area contributed by atoms with Crippen LogP contribution in [0.5, 0.6) is 0 Å². The van der Waals surface area contributed by atoms with Crippen molar-refractivity contribution in [1.29, 1.82) is 0 Å². The summed E-state index contributed by atoms with van der Waals surface area (Å²) in [7, 11) is 6.02. The first-order valence-electron chi connectivity index (χ1n) is 11.9. The van der Waals surface area contributed by atoms with Crippen molar-refractivity contribution >= 4 is 11.6 Å². The van der Waals surface area contributed by atoms with Gasteiger partial charge in [0.2, 0.25) is 0 Å². The van der Waals surface area contributed by atoms with Crippen molar-refractivity contribution in [2.75, 3.05) is 39.3 Å². The predicted molar refractivity (Wildman–Crippen MR) is 132 cm³/mol. The Morgan fingerprint density at radius 1 is 1.00 bits per heavy atom. The molecule has 0 aliphatic carbocycles. The molecule has 1 aromatic heterocycles. The van der Waals surface area contributed by atoms with Gasteiger partial charge >= 0.3 is 0 Å². The summed E-state index contributed by atoms with van der Waals surface area (Å²) in [4.78, 5) is 17.0.